The van der Waals surface area contributed by atoms with Gasteiger partial charge in [-0.25, -0.2) is 0 Å². The van der Waals surface area contributed by atoms with Gasteiger partial charge in [-0.3, -0.25) is 4.79 Å². The van der Waals surface area contributed by atoms with Gasteiger partial charge in [-0.15, -0.1) is 12.4 Å². The summed E-state index contributed by atoms with van der Waals surface area (Å²) in [6.45, 7) is 1.52. The number of likely N-dealkylation sites (tertiary alicyclic amines) is 1. The van der Waals surface area contributed by atoms with Gasteiger partial charge in [0.25, 0.3) is 0 Å². The number of hydrogen-bond donors (Lipinski definition) is 3. The van der Waals surface area contributed by atoms with Gasteiger partial charge in [-0.1, -0.05) is 0 Å². The molecule has 5 nitrogen and oxygen atoms in total. The molecule has 110 valence electrons. The predicted octanol–water partition coefficient (Wildman–Crippen LogP) is 1.43. The van der Waals surface area contributed by atoms with Crippen LogP contribution in [0.4, 0.5) is 11.4 Å². The summed E-state index contributed by atoms with van der Waals surface area (Å²) in [4.78, 5) is 14.0. The van der Waals surface area contributed by atoms with Gasteiger partial charge in [0.15, 0.2) is 5.78 Å². The number of aliphatic hydroxyl groups is 1. The number of allylic oxidation sites excluding steroid dienone is 1. The zero-order chi connectivity index (χ0) is 13.8. The monoisotopic (exact) mass is 297 g/mol. The number of nitrogens with zero attached hydrogens (tertiary/aromatic N) is 1. The Bertz CT molecular complexity index is 497. The molecule has 0 atom stereocenters. The summed E-state index contributed by atoms with van der Waals surface area (Å²) >= 11 is 0. The summed E-state index contributed by atoms with van der Waals surface area (Å²) < 4.78 is 0. The zero-order valence-electron chi connectivity index (χ0n) is 11.2. The van der Waals surface area contributed by atoms with Crippen LogP contribution in [0.5, 0.6) is 0 Å². The highest BCUT2D eigenvalue weighted by molar-refractivity contribution is 6.08. The molecule has 1 heterocycles. The third-order valence-electron chi connectivity index (χ3n) is 3.28. The Hall–Kier alpha value is -1.72. The second kappa shape index (κ2) is 7.17. The predicted molar refractivity (Wildman–Crippen MR) is 82.8 cm³/mol. The smallest absolute Gasteiger partial charge is 0.189 e. The molecule has 0 radical (unpaired) electrons. The second-order valence-electron chi connectivity index (χ2n) is 4.79. The van der Waals surface area contributed by atoms with Gasteiger partial charge in [-0.2, -0.15) is 0 Å². The summed E-state index contributed by atoms with van der Waals surface area (Å²) in [7, 11) is 0. The van der Waals surface area contributed by atoms with Crippen molar-refractivity contribution >= 4 is 29.6 Å². The van der Waals surface area contributed by atoms with Crippen LogP contribution in [0.25, 0.3) is 0 Å². The van der Waals surface area contributed by atoms with Crippen LogP contribution in [0.2, 0.25) is 0 Å². The number of aliphatic hydroxyl groups excluding tert-OH is 1. The summed E-state index contributed by atoms with van der Waals surface area (Å²) in [5.41, 5.74) is 12.8. The molecule has 20 heavy (non-hydrogen) atoms. The number of rotatable bonds is 3. The average Bonchev–Trinajstić information content (AvgIpc) is 2.40. The Morgan fingerprint density at radius 3 is 2.60 bits per heavy atom. The molecular weight excluding hydrogens is 278 g/mol. The van der Waals surface area contributed by atoms with Crippen LogP contribution >= 0.6 is 12.4 Å². The van der Waals surface area contributed by atoms with E-state index in [1.165, 1.54) is 6.08 Å². The van der Waals surface area contributed by atoms with Crippen molar-refractivity contribution in [2.75, 3.05) is 24.6 Å². The maximum atomic E-state index is 12.0. The van der Waals surface area contributed by atoms with Gasteiger partial charge < -0.3 is 21.5 Å². The molecule has 1 aliphatic heterocycles. The number of anilines is 2. The average molecular weight is 298 g/mol. The minimum atomic E-state index is -0.218. The van der Waals surface area contributed by atoms with E-state index in [1.54, 1.807) is 24.4 Å². The molecule has 0 amide bonds. The third kappa shape index (κ3) is 4.15. The van der Waals surface area contributed by atoms with Gasteiger partial charge in [0, 0.05) is 42.3 Å². The van der Waals surface area contributed by atoms with E-state index in [9.17, 15) is 9.90 Å². The molecule has 1 aliphatic rings. The Labute approximate surface area is 124 Å². The lowest BCUT2D eigenvalue weighted by Crippen LogP contribution is -2.32. The molecular formula is C14H20ClN3O2. The number of ketones is 1. The van der Waals surface area contributed by atoms with Crippen molar-refractivity contribution in [1.29, 1.82) is 0 Å². The van der Waals surface area contributed by atoms with Crippen LogP contribution < -0.4 is 11.5 Å². The molecule has 0 unspecified atom stereocenters. The van der Waals surface area contributed by atoms with Crippen molar-refractivity contribution in [3.05, 3.63) is 36.0 Å². The Morgan fingerprint density at radius 1 is 1.30 bits per heavy atom. The number of carbonyl (C=O) groups excluding carboxylic acids is 1. The lowest BCUT2D eigenvalue weighted by molar-refractivity contribution is 0.100. The Kier molecular flexibility index (Phi) is 5.85. The maximum Gasteiger partial charge on any atom is 0.189 e. The first-order chi connectivity index (χ1) is 9.06. The summed E-state index contributed by atoms with van der Waals surface area (Å²) in [5.74, 6) is -0.157. The zero-order valence-corrected chi connectivity index (χ0v) is 12.0. The van der Waals surface area contributed by atoms with Gasteiger partial charge in [0.1, 0.15) is 0 Å². The second-order valence-corrected chi connectivity index (χ2v) is 4.79. The molecule has 0 saturated carbocycles. The molecule has 0 aromatic heterocycles. The van der Waals surface area contributed by atoms with Crippen LogP contribution in [0.3, 0.4) is 0 Å². The maximum absolute atomic E-state index is 12.0. The molecule has 5 N–H and O–H groups in total. The molecule has 2 rings (SSSR count). The van der Waals surface area contributed by atoms with Gasteiger partial charge in [-0.05, 0) is 31.0 Å². The minimum Gasteiger partial charge on any atom is -0.399 e. The summed E-state index contributed by atoms with van der Waals surface area (Å²) in [6, 6.07) is 4.89. The van der Waals surface area contributed by atoms with Crippen molar-refractivity contribution in [3.63, 3.8) is 0 Å². The van der Waals surface area contributed by atoms with Crippen molar-refractivity contribution < 1.29 is 9.90 Å². The molecule has 0 spiro atoms. The van der Waals surface area contributed by atoms with Gasteiger partial charge >= 0.3 is 0 Å². The summed E-state index contributed by atoms with van der Waals surface area (Å²) in [6.07, 6.45) is 4.52. The van der Waals surface area contributed by atoms with E-state index >= 15 is 0 Å². The largest absolute Gasteiger partial charge is 0.399 e. The number of halogens is 1. The highest BCUT2D eigenvalue weighted by Gasteiger charge is 2.14. The first kappa shape index (κ1) is 16.3. The number of carbonyl (C=O) groups is 1. The highest BCUT2D eigenvalue weighted by atomic mass is 35.5. The fraction of sp³-hybridized carbons (Fsp3) is 0.357. The van der Waals surface area contributed by atoms with Gasteiger partial charge in [0.2, 0.25) is 0 Å². The quantitative estimate of drug-likeness (QED) is 0.446. The molecule has 6 heteroatoms. The number of benzene rings is 1. The van der Waals surface area contributed by atoms with E-state index < -0.39 is 0 Å². The SMILES string of the molecule is Cl.Nc1ccc(N)c(C(=O)C=CN2CCC(O)CC2)c1. The lowest BCUT2D eigenvalue weighted by atomic mass is 10.1. The summed E-state index contributed by atoms with van der Waals surface area (Å²) in [5, 5.41) is 9.40. The Balaban J connectivity index is 0.00000200. The van der Waals surface area contributed by atoms with E-state index in [-0.39, 0.29) is 24.3 Å². The van der Waals surface area contributed by atoms with E-state index in [2.05, 4.69) is 0 Å². The molecule has 1 aromatic rings. The molecule has 1 saturated heterocycles. The van der Waals surface area contributed by atoms with E-state index in [0.29, 0.717) is 16.9 Å². The van der Waals surface area contributed by atoms with Crippen LogP contribution in [-0.4, -0.2) is 35.0 Å². The molecule has 1 aromatic carbocycles. The van der Waals surface area contributed by atoms with Gasteiger partial charge in [0.05, 0.1) is 6.10 Å². The fourth-order valence-electron chi connectivity index (χ4n) is 2.09. The molecule has 1 fully saturated rings. The van der Waals surface area contributed by atoms with Crippen molar-refractivity contribution in [3.8, 4) is 0 Å². The van der Waals surface area contributed by atoms with Crippen LogP contribution in [0.15, 0.2) is 30.5 Å². The number of piperidine rings is 1. The van der Waals surface area contributed by atoms with Crippen LogP contribution in [0, 0.1) is 0 Å². The first-order valence-electron chi connectivity index (χ1n) is 6.36. The minimum absolute atomic E-state index is 0. The molecule has 0 bridgehead atoms. The van der Waals surface area contributed by atoms with Crippen molar-refractivity contribution in [1.82, 2.24) is 4.90 Å². The topological polar surface area (TPSA) is 92.6 Å². The van der Waals surface area contributed by atoms with Crippen molar-refractivity contribution in [2.45, 2.75) is 18.9 Å². The highest BCUT2D eigenvalue weighted by Crippen LogP contribution is 2.17. The lowest BCUT2D eigenvalue weighted by Gasteiger charge is -2.28. The van der Waals surface area contributed by atoms with Crippen LogP contribution in [-0.2, 0) is 0 Å². The van der Waals surface area contributed by atoms with Crippen LogP contribution in [0.1, 0.15) is 23.2 Å². The fourth-order valence-corrected chi connectivity index (χ4v) is 2.09. The number of nitrogens with two attached hydrogens (primary N) is 2. The van der Waals surface area contributed by atoms with Crippen molar-refractivity contribution in [2.24, 2.45) is 0 Å². The van der Waals surface area contributed by atoms with E-state index in [1.807, 2.05) is 4.90 Å². The standard InChI is InChI=1S/C14H19N3O2.ClH/c15-10-1-2-13(16)12(9-10)14(19)5-8-17-6-3-11(18)4-7-17;/h1-2,5,8-9,11,18H,3-4,6-7,15-16H2;1H. The van der Waals surface area contributed by atoms with E-state index in [4.69, 9.17) is 11.5 Å². The first-order valence-corrected chi connectivity index (χ1v) is 6.36. The van der Waals surface area contributed by atoms with E-state index in [0.717, 1.165) is 25.9 Å². The number of hydrogen-bond acceptors (Lipinski definition) is 5. The Morgan fingerprint density at radius 2 is 1.95 bits per heavy atom. The third-order valence-corrected chi connectivity index (χ3v) is 3.28. The molecule has 0 aliphatic carbocycles. The normalized spacial score (nSPS) is 16.1. The number of nitrogen functional groups attached to an aromatic ring is 2.